The smallest absolute Gasteiger partial charge is 0.319 e. The van der Waals surface area contributed by atoms with Crippen LogP contribution in [0.15, 0.2) is 36.4 Å². The summed E-state index contributed by atoms with van der Waals surface area (Å²) in [6.07, 6.45) is 0. The first-order valence-electron chi connectivity index (χ1n) is 5.71. The van der Waals surface area contributed by atoms with Gasteiger partial charge >= 0.3 is 5.97 Å². The van der Waals surface area contributed by atoms with Gasteiger partial charge in [0.05, 0.1) is 11.2 Å². The Morgan fingerprint density at radius 3 is 2.72 bits per heavy atom. The zero-order chi connectivity index (χ0) is 13.2. The van der Waals surface area contributed by atoms with Gasteiger partial charge in [-0.3, -0.25) is 9.78 Å². The first-order chi connectivity index (χ1) is 8.49. The van der Waals surface area contributed by atoms with Crippen LogP contribution < -0.4 is 0 Å². The van der Waals surface area contributed by atoms with Gasteiger partial charge in [-0.25, -0.2) is 0 Å². The number of fused-ring (bicyclic) bond motifs is 1. The maximum Gasteiger partial charge on any atom is 0.319 e. The second kappa shape index (κ2) is 4.98. The van der Waals surface area contributed by atoms with Gasteiger partial charge in [0.15, 0.2) is 0 Å². The number of carboxylic acids is 1. The molecule has 0 aliphatic rings. The van der Waals surface area contributed by atoms with Crippen LogP contribution in [-0.4, -0.2) is 20.8 Å². The summed E-state index contributed by atoms with van der Waals surface area (Å²) in [5.41, 5.74) is 1.86. The number of rotatable bonds is 4. The third-order valence-electron chi connectivity index (χ3n) is 2.75. The molecule has 0 amide bonds. The van der Waals surface area contributed by atoms with Crippen LogP contribution in [0.1, 0.15) is 19.5 Å². The maximum absolute atomic E-state index is 11.0. The summed E-state index contributed by atoms with van der Waals surface area (Å²) in [5, 5.41) is 10.2. The minimum absolute atomic E-state index is 0.601. The van der Waals surface area contributed by atoms with E-state index in [1.54, 1.807) is 13.8 Å². The summed E-state index contributed by atoms with van der Waals surface area (Å²) in [5.74, 6) is -0.197. The highest BCUT2D eigenvalue weighted by Crippen LogP contribution is 2.28. The lowest BCUT2D eigenvalue weighted by molar-refractivity contribution is -0.138. The zero-order valence-electron chi connectivity index (χ0n) is 10.4. The number of nitrogens with zero attached hydrogens (tertiary/aromatic N) is 1. The molecule has 0 saturated heterocycles. The van der Waals surface area contributed by atoms with Crippen LogP contribution >= 0.6 is 11.8 Å². The third kappa shape index (κ3) is 2.82. The van der Waals surface area contributed by atoms with Crippen molar-refractivity contribution in [1.82, 2.24) is 4.98 Å². The molecule has 0 unspecified atom stereocenters. The van der Waals surface area contributed by atoms with Gasteiger partial charge in [-0.15, -0.1) is 11.8 Å². The van der Waals surface area contributed by atoms with Gasteiger partial charge in [0.1, 0.15) is 4.75 Å². The fourth-order valence-corrected chi connectivity index (χ4v) is 2.30. The summed E-state index contributed by atoms with van der Waals surface area (Å²) in [7, 11) is 0. The van der Waals surface area contributed by atoms with E-state index in [0.717, 1.165) is 16.6 Å². The Hall–Kier alpha value is -1.55. The molecular formula is C14H15NO2S. The molecule has 0 saturated carbocycles. The van der Waals surface area contributed by atoms with Gasteiger partial charge in [0.2, 0.25) is 0 Å². The molecule has 0 spiro atoms. The molecule has 0 radical (unpaired) electrons. The van der Waals surface area contributed by atoms with E-state index in [1.165, 1.54) is 11.8 Å². The molecule has 2 aromatic rings. The predicted octanol–water partition coefficient (Wildman–Crippen LogP) is 3.33. The molecule has 1 N–H and O–H groups in total. The van der Waals surface area contributed by atoms with Crippen molar-refractivity contribution in [1.29, 1.82) is 0 Å². The third-order valence-corrected chi connectivity index (χ3v) is 4.09. The van der Waals surface area contributed by atoms with Crippen LogP contribution in [0.2, 0.25) is 0 Å². The SMILES string of the molecule is CC(C)(SCc1ccc2ccccc2n1)C(=O)O. The van der Waals surface area contributed by atoms with Crippen LogP contribution in [0.3, 0.4) is 0 Å². The molecule has 0 bridgehead atoms. The Morgan fingerprint density at radius 2 is 2.00 bits per heavy atom. The topological polar surface area (TPSA) is 50.2 Å². The van der Waals surface area contributed by atoms with Crippen molar-refractivity contribution in [3.63, 3.8) is 0 Å². The largest absolute Gasteiger partial charge is 0.480 e. The molecule has 94 valence electrons. The highest BCUT2D eigenvalue weighted by Gasteiger charge is 2.27. The molecule has 2 rings (SSSR count). The number of hydrogen-bond acceptors (Lipinski definition) is 3. The zero-order valence-corrected chi connectivity index (χ0v) is 11.2. The van der Waals surface area contributed by atoms with Gasteiger partial charge < -0.3 is 5.11 Å². The Balaban J connectivity index is 2.15. The lowest BCUT2D eigenvalue weighted by Gasteiger charge is -2.17. The minimum Gasteiger partial charge on any atom is -0.480 e. The van der Waals surface area contributed by atoms with E-state index in [4.69, 9.17) is 5.11 Å². The number of carbonyl (C=O) groups is 1. The van der Waals surface area contributed by atoms with E-state index in [0.29, 0.717) is 5.75 Å². The van der Waals surface area contributed by atoms with E-state index in [1.807, 2.05) is 36.4 Å². The van der Waals surface area contributed by atoms with Crippen molar-refractivity contribution in [2.24, 2.45) is 0 Å². The number of thioether (sulfide) groups is 1. The van der Waals surface area contributed by atoms with Crippen LogP contribution in [0.25, 0.3) is 10.9 Å². The number of aromatic nitrogens is 1. The molecule has 0 aliphatic heterocycles. The van der Waals surface area contributed by atoms with Crippen molar-refractivity contribution < 1.29 is 9.90 Å². The summed E-state index contributed by atoms with van der Waals surface area (Å²) in [6.45, 7) is 3.42. The van der Waals surface area contributed by atoms with Crippen molar-refractivity contribution in [3.8, 4) is 0 Å². The fourth-order valence-electron chi connectivity index (χ4n) is 1.50. The summed E-state index contributed by atoms with van der Waals surface area (Å²) in [6, 6.07) is 11.9. The van der Waals surface area contributed by atoms with Crippen molar-refractivity contribution in [2.75, 3.05) is 0 Å². The maximum atomic E-state index is 11.0. The Bertz CT molecular complexity index is 581. The molecule has 1 heterocycles. The quantitative estimate of drug-likeness (QED) is 0.917. The number of hydrogen-bond donors (Lipinski definition) is 1. The molecule has 1 aromatic carbocycles. The highest BCUT2D eigenvalue weighted by atomic mass is 32.2. The van der Waals surface area contributed by atoms with E-state index in [9.17, 15) is 4.79 Å². The number of pyridine rings is 1. The van der Waals surface area contributed by atoms with Crippen molar-refractivity contribution in [2.45, 2.75) is 24.3 Å². The molecular weight excluding hydrogens is 246 g/mol. The predicted molar refractivity (Wildman–Crippen MR) is 74.8 cm³/mol. The van der Waals surface area contributed by atoms with E-state index in [2.05, 4.69) is 4.98 Å². The van der Waals surface area contributed by atoms with Crippen molar-refractivity contribution >= 4 is 28.6 Å². The van der Waals surface area contributed by atoms with Crippen molar-refractivity contribution in [3.05, 3.63) is 42.1 Å². The van der Waals surface area contributed by atoms with Crippen LogP contribution in [0, 0.1) is 0 Å². The van der Waals surface area contributed by atoms with E-state index in [-0.39, 0.29) is 0 Å². The molecule has 3 nitrogen and oxygen atoms in total. The fraction of sp³-hybridized carbons (Fsp3) is 0.286. The Morgan fingerprint density at radius 1 is 1.28 bits per heavy atom. The second-order valence-electron chi connectivity index (χ2n) is 4.60. The van der Waals surface area contributed by atoms with Gasteiger partial charge in [-0.05, 0) is 26.0 Å². The monoisotopic (exact) mass is 261 g/mol. The summed E-state index contributed by atoms with van der Waals surface area (Å²) in [4.78, 5) is 15.5. The normalized spacial score (nSPS) is 11.7. The van der Waals surface area contributed by atoms with E-state index >= 15 is 0 Å². The molecule has 1 aromatic heterocycles. The molecule has 4 heteroatoms. The summed E-state index contributed by atoms with van der Waals surface area (Å²) < 4.78 is -0.784. The average molecular weight is 261 g/mol. The second-order valence-corrected chi connectivity index (χ2v) is 6.20. The molecule has 0 atom stereocenters. The molecule has 0 aliphatic carbocycles. The standard InChI is InChI=1S/C14H15NO2S/c1-14(2,13(16)17)18-9-11-8-7-10-5-3-4-6-12(10)15-11/h3-8H,9H2,1-2H3,(H,16,17). The van der Waals surface area contributed by atoms with Crippen LogP contribution in [0.5, 0.6) is 0 Å². The number of aliphatic carboxylic acids is 1. The molecule has 0 fully saturated rings. The van der Waals surface area contributed by atoms with Crippen LogP contribution in [0.4, 0.5) is 0 Å². The lowest BCUT2D eigenvalue weighted by atomic mass is 10.2. The Labute approximate surface area is 110 Å². The first-order valence-corrected chi connectivity index (χ1v) is 6.69. The lowest BCUT2D eigenvalue weighted by Crippen LogP contribution is -2.27. The van der Waals surface area contributed by atoms with Gasteiger partial charge in [-0.2, -0.15) is 0 Å². The van der Waals surface area contributed by atoms with E-state index < -0.39 is 10.7 Å². The number of benzene rings is 1. The van der Waals surface area contributed by atoms with Gasteiger partial charge in [0, 0.05) is 11.1 Å². The van der Waals surface area contributed by atoms with Gasteiger partial charge in [-0.1, -0.05) is 24.3 Å². The average Bonchev–Trinajstić information content (AvgIpc) is 2.36. The van der Waals surface area contributed by atoms with Crippen LogP contribution in [-0.2, 0) is 10.5 Å². The number of carboxylic acid groups (broad SMARTS) is 1. The molecule has 18 heavy (non-hydrogen) atoms. The minimum atomic E-state index is -0.798. The first kappa shape index (κ1) is 12.9. The summed E-state index contributed by atoms with van der Waals surface area (Å²) >= 11 is 1.39. The highest BCUT2D eigenvalue weighted by molar-refractivity contribution is 8.00. The Kier molecular flexibility index (Phi) is 3.57. The van der Waals surface area contributed by atoms with Gasteiger partial charge in [0.25, 0.3) is 0 Å². The number of para-hydroxylation sites is 1.